The number of allylic oxidation sites excluding steroid dienone is 2. The first-order valence-corrected chi connectivity index (χ1v) is 13.9. The van der Waals surface area contributed by atoms with Crippen molar-refractivity contribution >= 4 is 28.6 Å². The smallest absolute Gasteiger partial charge is 0.292 e. The second-order valence-corrected chi connectivity index (χ2v) is 15.6. The van der Waals surface area contributed by atoms with E-state index in [1.54, 1.807) is 0 Å². The number of carbonyl (C=O) groups is 2. The molecule has 0 fully saturated rings. The molecule has 0 aliphatic rings. The molecule has 0 rings (SSSR count). The van der Waals surface area contributed by atoms with Gasteiger partial charge in [0, 0.05) is 12.8 Å². The number of rotatable bonds is 8. The van der Waals surface area contributed by atoms with Crippen LogP contribution in [0.3, 0.4) is 0 Å². The summed E-state index contributed by atoms with van der Waals surface area (Å²) in [4.78, 5) is 22.9. The van der Waals surface area contributed by atoms with Gasteiger partial charge in [-0.15, -0.1) is 0 Å². The van der Waals surface area contributed by atoms with Gasteiger partial charge >= 0.3 is 0 Å². The Morgan fingerprint density at radius 3 is 1.30 bits per heavy atom. The minimum atomic E-state index is -1.76. The zero-order valence-electron chi connectivity index (χ0n) is 13.6. The Kier molecular flexibility index (Phi) is 8.04. The SMILES string of the molecule is C[Si](C)(C)OC(=O)CC/C=C/CCC(=O)O[Si](C)(C)C. The van der Waals surface area contributed by atoms with Crippen LogP contribution in [0.15, 0.2) is 12.2 Å². The van der Waals surface area contributed by atoms with Crippen molar-refractivity contribution in [3.63, 3.8) is 0 Å². The molecule has 4 nitrogen and oxygen atoms in total. The number of hydrogen-bond donors (Lipinski definition) is 0. The molecule has 0 radical (unpaired) electrons. The highest BCUT2D eigenvalue weighted by molar-refractivity contribution is 6.71. The van der Waals surface area contributed by atoms with Crippen LogP contribution in [0.4, 0.5) is 0 Å². The Balaban J connectivity index is 3.73. The molecule has 0 unspecified atom stereocenters. The van der Waals surface area contributed by atoms with Crippen LogP contribution in [0.2, 0.25) is 39.3 Å². The maximum Gasteiger partial charge on any atom is 0.292 e. The van der Waals surface area contributed by atoms with Gasteiger partial charge < -0.3 is 8.85 Å². The number of carbonyl (C=O) groups excluding carboxylic acids is 2. The van der Waals surface area contributed by atoms with Crippen molar-refractivity contribution in [3.8, 4) is 0 Å². The molecule has 0 aromatic rings. The van der Waals surface area contributed by atoms with Crippen molar-refractivity contribution < 1.29 is 18.4 Å². The fraction of sp³-hybridized carbons (Fsp3) is 0.714. The minimum Gasteiger partial charge on any atom is -0.520 e. The second kappa shape index (κ2) is 8.41. The quantitative estimate of drug-likeness (QED) is 0.504. The first-order valence-electron chi connectivity index (χ1n) is 7.08. The molecule has 0 heterocycles. The largest absolute Gasteiger partial charge is 0.520 e. The standard InChI is InChI=1S/C14H28O4Si2/c1-19(2,3)17-13(15)11-9-7-8-10-12-14(16)18-20(4,5)6/h7-8H,9-12H2,1-6H3/b8-7+. The fourth-order valence-corrected chi connectivity index (χ4v) is 2.99. The summed E-state index contributed by atoms with van der Waals surface area (Å²) in [7, 11) is -3.53. The first-order chi connectivity index (χ1) is 8.99. The van der Waals surface area contributed by atoms with E-state index < -0.39 is 16.6 Å². The minimum absolute atomic E-state index is 0.132. The zero-order valence-corrected chi connectivity index (χ0v) is 15.6. The number of hydrogen-bond acceptors (Lipinski definition) is 4. The van der Waals surface area contributed by atoms with E-state index in [1.165, 1.54) is 0 Å². The molecule has 0 amide bonds. The highest BCUT2D eigenvalue weighted by Gasteiger charge is 2.19. The lowest BCUT2D eigenvalue weighted by Gasteiger charge is -2.17. The molecular weight excluding hydrogens is 288 g/mol. The predicted molar refractivity (Wildman–Crippen MR) is 86.5 cm³/mol. The lowest BCUT2D eigenvalue weighted by atomic mass is 10.2. The van der Waals surface area contributed by atoms with Gasteiger partial charge in [-0.1, -0.05) is 12.2 Å². The van der Waals surface area contributed by atoms with E-state index in [9.17, 15) is 9.59 Å². The lowest BCUT2D eigenvalue weighted by Crippen LogP contribution is -2.29. The van der Waals surface area contributed by atoms with Gasteiger partial charge in [-0.3, -0.25) is 9.59 Å². The molecule has 0 bridgehead atoms. The van der Waals surface area contributed by atoms with E-state index in [0.29, 0.717) is 25.7 Å². The highest BCUT2D eigenvalue weighted by Crippen LogP contribution is 2.08. The summed E-state index contributed by atoms with van der Waals surface area (Å²) in [5.74, 6) is -0.265. The predicted octanol–water partition coefficient (Wildman–Crippen LogP) is 3.86. The summed E-state index contributed by atoms with van der Waals surface area (Å²) < 4.78 is 10.7. The molecule has 0 aliphatic heterocycles. The van der Waals surface area contributed by atoms with Gasteiger partial charge in [0.05, 0.1) is 0 Å². The van der Waals surface area contributed by atoms with Crippen LogP contribution in [-0.2, 0) is 18.4 Å². The maximum atomic E-state index is 11.5. The molecular formula is C14H28O4Si2. The molecule has 0 spiro atoms. The average Bonchev–Trinajstić information content (AvgIpc) is 2.17. The maximum absolute atomic E-state index is 11.5. The highest BCUT2D eigenvalue weighted by atomic mass is 28.4. The third-order valence-electron chi connectivity index (χ3n) is 2.04. The van der Waals surface area contributed by atoms with E-state index in [-0.39, 0.29) is 11.9 Å². The van der Waals surface area contributed by atoms with Crippen molar-refractivity contribution in [2.45, 2.75) is 65.0 Å². The lowest BCUT2D eigenvalue weighted by molar-refractivity contribution is -0.136. The van der Waals surface area contributed by atoms with Crippen molar-refractivity contribution in [1.82, 2.24) is 0 Å². The van der Waals surface area contributed by atoms with E-state index >= 15 is 0 Å². The van der Waals surface area contributed by atoms with Gasteiger partial charge in [0.1, 0.15) is 0 Å². The van der Waals surface area contributed by atoms with E-state index in [1.807, 2.05) is 51.4 Å². The molecule has 0 saturated heterocycles. The van der Waals surface area contributed by atoms with E-state index in [0.717, 1.165) is 0 Å². The van der Waals surface area contributed by atoms with Crippen molar-refractivity contribution in [3.05, 3.63) is 12.2 Å². The zero-order chi connectivity index (χ0) is 15.8. The van der Waals surface area contributed by atoms with E-state index in [4.69, 9.17) is 8.85 Å². The Bertz CT molecular complexity index is 317. The van der Waals surface area contributed by atoms with Gasteiger partial charge in [0.2, 0.25) is 16.6 Å². The molecule has 0 aliphatic carbocycles. The van der Waals surface area contributed by atoms with Crippen LogP contribution in [0, 0.1) is 0 Å². The van der Waals surface area contributed by atoms with Crippen molar-refractivity contribution in [2.75, 3.05) is 0 Å². The molecule has 0 atom stereocenters. The van der Waals surface area contributed by atoms with Crippen LogP contribution >= 0.6 is 0 Å². The van der Waals surface area contributed by atoms with Gasteiger partial charge in [-0.05, 0) is 52.1 Å². The third kappa shape index (κ3) is 13.5. The Morgan fingerprint density at radius 1 is 0.750 bits per heavy atom. The first kappa shape index (κ1) is 19.1. The topological polar surface area (TPSA) is 52.6 Å². The van der Waals surface area contributed by atoms with Crippen molar-refractivity contribution in [1.29, 1.82) is 0 Å². The van der Waals surface area contributed by atoms with Crippen LogP contribution in [0.25, 0.3) is 0 Å². The van der Waals surface area contributed by atoms with Crippen molar-refractivity contribution in [2.24, 2.45) is 0 Å². The Morgan fingerprint density at radius 2 is 1.05 bits per heavy atom. The average molecular weight is 317 g/mol. The molecule has 0 saturated carbocycles. The third-order valence-corrected chi connectivity index (χ3v) is 3.72. The summed E-state index contributed by atoms with van der Waals surface area (Å²) in [6.07, 6.45) is 5.97. The monoisotopic (exact) mass is 316 g/mol. The molecule has 116 valence electrons. The Labute approximate surface area is 124 Å². The Hall–Kier alpha value is -0.886. The van der Waals surface area contributed by atoms with Crippen LogP contribution in [0.1, 0.15) is 25.7 Å². The summed E-state index contributed by atoms with van der Waals surface area (Å²) in [6, 6.07) is 0. The molecule has 0 aromatic carbocycles. The molecule has 0 aromatic heterocycles. The summed E-state index contributed by atoms with van der Waals surface area (Å²) in [6.45, 7) is 11.9. The second-order valence-electron chi connectivity index (χ2n) is 6.72. The van der Waals surface area contributed by atoms with E-state index in [2.05, 4.69) is 0 Å². The fourth-order valence-electron chi connectivity index (χ4n) is 1.42. The van der Waals surface area contributed by atoms with Gasteiger partial charge in [0.25, 0.3) is 11.9 Å². The van der Waals surface area contributed by atoms with Crippen LogP contribution in [0.5, 0.6) is 0 Å². The molecule has 20 heavy (non-hydrogen) atoms. The van der Waals surface area contributed by atoms with Crippen LogP contribution in [-0.4, -0.2) is 28.6 Å². The van der Waals surface area contributed by atoms with Gasteiger partial charge in [-0.25, -0.2) is 0 Å². The summed E-state index contributed by atoms with van der Waals surface area (Å²) >= 11 is 0. The normalized spacial score (nSPS) is 12.5. The van der Waals surface area contributed by atoms with Gasteiger partial charge in [-0.2, -0.15) is 0 Å². The van der Waals surface area contributed by atoms with Crippen LogP contribution < -0.4 is 0 Å². The molecule has 0 N–H and O–H groups in total. The summed E-state index contributed by atoms with van der Waals surface area (Å²) in [5, 5.41) is 0. The molecule has 6 heteroatoms. The van der Waals surface area contributed by atoms with Gasteiger partial charge in [0.15, 0.2) is 0 Å². The summed E-state index contributed by atoms with van der Waals surface area (Å²) in [5.41, 5.74) is 0.